The lowest BCUT2D eigenvalue weighted by Crippen LogP contribution is -2.30. The molecule has 0 aliphatic heterocycles. The standard InChI is InChI=1S/C16H12BrClN2O2S/c1-9(22-12-4-2-3-11(18)8-12)15(21)20-16-19-13-6-5-10(17)7-14(13)23-16/h2-9H,1H3,(H,19,20,21). The van der Waals surface area contributed by atoms with Crippen molar-refractivity contribution in [1.29, 1.82) is 0 Å². The van der Waals surface area contributed by atoms with Gasteiger partial charge in [-0.2, -0.15) is 0 Å². The van der Waals surface area contributed by atoms with Gasteiger partial charge in [0.2, 0.25) is 0 Å². The third-order valence-electron chi connectivity index (χ3n) is 3.06. The number of carbonyl (C=O) groups excluding carboxylic acids is 1. The number of amides is 1. The van der Waals surface area contributed by atoms with Gasteiger partial charge in [-0.1, -0.05) is 44.9 Å². The van der Waals surface area contributed by atoms with Crippen molar-refractivity contribution in [3.05, 3.63) is 52.0 Å². The molecule has 0 saturated heterocycles. The Balaban J connectivity index is 1.69. The fourth-order valence-electron chi connectivity index (χ4n) is 1.96. The van der Waals surface area contributed by atoms with Crippen LogP contribution in [0.5, 0.6) is 5.75 Å². The lowest BCUT2D eigenvalue weighted by Gasteiger charge is -2.13. The predicted octanol–water partition coefficient (Wildman–Crippen LogP) is 5.12. The summed E-state index contributed by atoms with van der Waals surface area (Å²) < 4.78 is 7.57. The summed E-state index contributed by atoms with van der Waals surface area (Å²) in [5, 5.41) is 3.89. The van der Waals surface area contributed by atoms with Gasteiger partial charge in [0.15, 0.2) is 11.2 Å². The van der Waals surface area contributed by atoms with Crippen LogP contribution in [0.15, 0.2) is 46.9 Å². The van der Waals surface area contributed by atoms with Crippen LogP contribution in [-0.2, 0) is 4.79 Å². The number of ether oxygens (including phenoxy) is 1. The van der Waals surface area contributed by atoms with E-state index in [9.17, 15) is 4.79 Å². The number of anilines is 1. The Morgan fingerprint density at radius 3 is 2.96 bits per heavy atom. The SMILES string of the molecule is CC(Oc1cccc(Cl)c1)C(=O)Nc1nc2ccc(Br)cc2s1. The highest BCUT2D eigenvalue weighted by Gasteiger charge is 2.17. The lowest BCUT2D eigenvalue weighted by atomic mass is 10.3. The minimum atomic E-state index is -0.660. The number of benzene rings is 2. The van der Waals surface area contributed by atoms with Crippen LogP contribution in [0.4, 0.5) is 5.13 Å². The average molecular weight is 412 g/mol. The molecule has 1 amide bonds. The Kier molecular flexibility index (Phi) is 4.84. The summed E-state index contributed by atoms with van der Waals surface area (Å²) in [6.07, 6.45) is -0.660. The smallest absolute Gasteiger partial charge is 0.266 e. The second-order valence-electron chi connectivity index (χ2n) is 4.84. The molecule has 3 aromatic rings. The maximum Gasteiger partial charge on any atom is 0.266 e. The molecule has 4 nitrogen and oxygen atoms in total. The Hall–Kier alpha value is -1.63. The lowest BCUT2D eigenvalue weighted by molar-refractivity contribution is -0.122. The van der Waals surface area contributed by atoms with E-state index in [1.807, 2.05) is 18.2 Å². The van der Waals surface area contributed by atoms with Crippen molar-refractivity contribution >= 4 is 60.1 Å². The van der Waals surface area contributed by atoms with E-state index in [2.05, 4.69) is 26.2 Å². The van der Waals surface area contributed by atoms with Crippen LogP contribution in [0.2, 0.25) is 5.02 Å². The van der Waals surface area contributed by atoms with Crippen molar-refractivity contribution in [3.63, 3.8) is 0 Å². The number of nitrogens with zero attached hydrogens (tertiary/aromatic N) is 1. The first kappa shape index (κ1) is 16.2. The maximum atomic E-state index is 12.2. The molecule has 0 radical (unpaired) electrons. The molecule has 1 heterocycles. The van der Waals surface area contributed by atoms with E-state index in [4.69, 9.17) is 16.3 Å². The van der Waals surface area contributed by atoms with Gasteiger partial charge in [0.25, 0.3) is 5.91 Å². The monoisotopic (exact) mass is 410 g/mol. The Morgan fingerprint density at radius 2 is 2.17 bits per heavy atom. The molecule has 0 aliphatic rings. The van der Waals surface area contributed by atoms with Gasteiger partial charge in [0.05, 0.1) is 10.2 Å². The third-order valence-corrected chi connectivity index (χ3v) is 4.72. The first-order chi connectivity index (χ1) is 11.0. The first-order valence-electron chi connectivity index (χ1n) is 6.80. The number of carbonyl (C=O) groups is 1. The average Bonchev–Trinajstić information content (AvgIpc) is 2.88. The summed E-state index contributed by atoms with van der Waals surface area (Å²) in [6.45, 7) is 1.68. The fourth-order valence-corrected chi connectivity index (χ4v) is 3.56. The van der Waals surface area contributed by atoms with Crippen molar-refractivity contribution in [2.24, 2.45) is 0 Å². The summed E-state index contributed by atoms with van der Waals surface area (Å²) in [6, 6.07) is 12.7. The van der Waals surface area contributed by atoms with Gasteiger partial charge in [-0.05, 0) is 43.3 Å². The topological polar surface area (TPSA) is 51.2 Å². The van der Waals surface area contributed by atoms with Gasteiger partial charge in [0, 0.05) is 9.50 Å². The minimum absolute atomic E-state index is 0.261. The van der Waals surface area contributed by atoms with E-state index in [1.54, 1.807) is 31.2 Å². The van der Waals surface area contributed by atoms with E-state index in [0.29, 0.717) is 15.9 Å². The van der Waals surface area contributed by atoms with E-state index >= 15 is 0 Å². The minimum Gasteiger partial charge on any atom is -0.481 e. The summed E-state index contributed by atoms with van der Waals surface area (Å²) in [5.74, 6) is 0.288. The molecule has 0 saturated carbocycles. The molecule has 118 valence electrons. The number of aromatic nitrogens is 1. The molecule has 1 unspecified atom stereocenters. The Bertz CT molecular complexity index is 868. The molecule has 23 heavy (non-hydrogen) atoms. The quantitative estimate of drug-likeness (QED) is 0.648. The van der Waals surface area contributed by atoms with Gasteiger partial charge in [0.1, 0.15) is 5.75 Å². The number of hydrogen-bond donors (Lipinski definition) is 1. The number of rotatable bonds is 4. The van der Waals surface area contributed by atoms with Gasteiger partial charge in [-0.3, -0.25) is 10.1 Å². The number of halogens is 2. The zero-order valence-electron chi connectivity index (χ0n) is 12.0. The highest BCUT2D eigenvalue weighted by molar-refractivity contribution is 9.10. The fraction of sp³-hybridized carbons (Fsp3) is 0.125. The highest BCUT2D eigenvalue weighted by atomic mass is 79.9. The number of thiazole rings is 1. The normalized spacial score (nSPS) is 12.1. The van der Waals surface area contributed by atoms with Crippen molar-refractivity contribution in [1.82, 2.24) is 4.98 Å². The van der Waals surface area contributed by atoms with E-state index in [1.165, 1.54) is 11.3 Å². The molecule has 3 rings (SSSR count). The van der Waals surface area contributed by atoms with E-state index in [0.717, 1.165) is 14.7 Å². The molecule has 2 aromatic carbocycles. The highest BCUT2D eigenvalue weighted by Crippen LogP contribution is 2.28. The molecule has 0 bridgehead atoms. The summed E-state index contributed by atoms with van der Waals surface area (Å²) in [4.78, 5) is 16.6. The van der Waals surface area contributed by atoms with Crippen LogP contribution in [0, 0.1) is 0 Å². The van der Waals surface area contributed by atoms with Crippen LogP contribution in [0.25, 0.3) is 10.2 Å². The molecule has 0 spiro atoms. The zero-order valence-corrected chi connectivity index (χ0v) is 15.2. The van der Waals surface area contributed by atoms with E-state index < -0.39 is 6.10 Å². The van der Waals surface area contributed by atoms with Crippen molar-refractivity contribution in [3.8, 4) is 5.75 Å². The first-order valence-corrected chi connectivity index (χ1v) is 8.79. The summed E-state index contributed by atoms with van der Waals surface area (Å²) >= 11 is 10.7. The van der Waals surface area contributed by atoms with Crippen molar-refractivity contribution in [2.45, 2.75) is 13.0 Å². The largest absolute Gasteiger partial charge is 0.481 e. The van der Waals surface area contributed by atoms with Crippen LogP contribution >= 0.6 is 38.9 Å². The third kappa shape index (κ3) is 4.02. The maximum absolute atomic E-state index is 12.2. The van der Waals surface area contributed by atoms with Crippen molar-refractivity contribution < 1.29 is 9.53 Å². The van der Waals surface area contributed by atoms with Crippen LogP contribution < -0.4 is 10.1 Å². The molecule has 0 fully saturated rings. The Morgan fingerprint density at radius 1 is 1.35 bits per heavy atom. The molecule has 1 aromatic heterocycles. The molecular weight excluding hydrogens is 400 g/mol. The number of nitrogens with one attached hydrogen (secondary N) is 1. The van der Waals surface area contributed by atoms with Gasteiger partial charge < -0.3 is 4.74 Å². The summed E-state index contributed by atoms with van der Waals surface area (Å²) in [7, 11) is 0. The van der Waals surface area contributed by atoms with Gasteiger partial charge >= 0.3 is 0 Å². The molecule has 0 aliphatic carbocycles. The molecule has 1 N–H and O–H groups in total. The molecule has 7 heteroatoms. The van der Waals surface area contributed by atoms with Crippen LogP contribution in [0.3, 0.4) is 0 Å². The molecule has 1 atom stereocenters. The Labute approximate surface area is 150 Å². The molecular formula is C16H12BrClN2O2S. The number of fused-ring (bicyclic) bond motifs is 1. The van der Waals surface area contributed by atoms with Gasteiger partial charge in [-0.15, -0.1) is 0 Å². The van der Waals surface area contributed by atoms with Crippen LogP contribution in [0.1, 0.15) is 6.92 Å². The van der Waals surface area contributed by atoms with E-state index in [-0.39, 0.29) is 5.91 Å². The second kappa shape index (κ2) is 6.86. The zero-order chi connectivity index (χ0) is 16.4. The van der Waals surface area contributed by atoms with Gasteiger partial charge in [-0.25, -0.2) is 4.98 Å². The number of hydrogen-bond acceptors (Lipinski definition) is 4. The van der Waals surface area contributed by atoms with Crippen molar-refractivity contribution in [2.75, 3.05) is 5.32 Å². The summed E-state index contributed by atoms with van der Waals surface area (Å²) in [5.41, 5.74) is 0.844. The second-order valence-corrected chi connectivity index (χ2v) is 7.22. The van der Waals surface area contributed by atoms with Crippen LogP contribution in [-0.4, -0.2) is 17.0 Å². The predicted molar refractivity (Wildman–Crippen MR) is 97.5 cm³/mol.